The lowest BCUT2D eigenvalue weighted by Gasteiger charge is -2.28. The van der Waals surface area contributed by atoms with Gasteiger partial charge in [0.25, 0.3) is 0 Å². The number of nitrogens with one attached hydrogen (secondary N) is 1. The molecule has 0 aromatic heterocycles. The molecule has 1 unspecified atom stereocenters. The Kier molecular flexibility index (Phi) is 2.05. The molecule has 1 aliphatic carbocycles. The van der Waals surface area contributed by atoms with Gasteiger partial charge in [0, 0.05) is 12.2 Å². The monoisotopic (exact) mass is 199 g/mol. The molecule has 1 aliphatic heterocycles. The minimum atomic E-state index is 0.707. The van der Waals surface area contributed by atoms with Crippen molar-refractivity contribution in [1.82, 2.24) is 0 Å². The predicted octanol–water partition coefficient (Wildman–Crippen LogP) is 3.57. The number of rotatable bonds is 0. The summed E-state index contributed by atoms with van der Waals surface area (Å²) in [5.41, 5.74) is 5.94. The van der Waals surface area contributed by atoms with Gasteiger partial charge in [-0.1, -0.05) is 25.1 Å². The molecular formula is C14H17N. The molecule has 15 heavy (non-hydrogen) atoms. The summed E-state index contributed by atoms with van der Waals surface area (Å²) >= 11 is 0. The van der Waals surface area contributed by atoms with Gasteiger partial charge in [-0.25, -0.2) is 0 Å². The zero-order valence-corrected chi connectivity index (χ0v) is 9.22. The summed E-state index contributed by atoms with van der Waals surface area (Å²) in [7, 11) is 0. The lowest BCUT2D eigenvalue weighted by molar-refractivity contribution is 0.680. The Balaban J connectivity index is 2.21. The van der Waals surface area contributed by atoms with Crippen molar-refractivity contribution in [3.63, 3.8) is 0 Å². The molecule has 0 radical (unpaired) electrons. The summed E-state index contributed by atoms with van der Waals surface area (Å²) in [6.45, 7) is 3.47. The van der Waals surface area contributed by atoms with E-state index in [0.717, 1.165) is 6.54 Å². The highest BCUT2D eigenvalue weighted by Crippen LogP contribution is 2.37. The molecule has 1 aromatic rings. The maximum atomic E-state index is 3.51. The van der Waals surface area contributed by atoms with E-state index in [4.69, 9.17) is 0 Å². The number of allylic oxidation sites excluding steroid dienone is 1. The van der Waals surface area contributed by atoms with Crippen LogP contribution in [-0.4, -0.2) is 6.54 Å². The molecule has 0 saturated heterocycles. The quantitative estimate of drug-likeness (QED) is 0.673. The predicted molar refractivity (Wildman–Crippen MR) is 65.3 cm³/mol. The Morgan fingerprint density at radius 3 is 3.20 bits per heavy atom. The van der Waals surface area contributed by atoms with Gasteiger partial charge >= 0.3 is 0 Å². The van der Waals surface area contributed by atoms with Gasteiger partial charge in [0.05, 0.1) is 0 Å². The highest BCUT2D eigenvalue weighted by molar-refractivity contribution is 5.70. The minimum absolute atomic E-state index is 0.707. The average molecular weight is 199 g/mol. The molecule has 3 rings (SSSR count). The second kappa shape index (κ2) is 3.41. The van der Waals surface area contributed by atoms with Crippen LogP contribution in [0.4, 0.5) is 5.69 Å². The second-order valence-corrected chi connectivity index (χ2v) is 4.66. The highest BCUT2D eigenvalue weighted by atomic mass is 14.9. The molecule has 1 heterocycles. The fraction of sp³-hybridized carbons (Fsp3) is 0.429. The summed E-state index contributed by atoms with van der Waals surface area (Å²) in [5.74, 6) is 0.707. The molecule has 0 fully saturated rings. The smallest absolute Gasteiger partial charge is 0.0381 e. The average Bonchev–Trinajstić information content (AvgIpc) is 2.29. The molecule has 78 valence electrons. The maximum Gasteiger partial charge on any atom is 0.0381 e. The van der Waals surface area contributed by atoms with E-state index in [2.05, 4.69) is 36.5 Å². The van der Waals surface area contributed by atoms with Gasteiger partial charge in [0.15, 0.2) is 0 Å². The normalized spacial score (nSPS) is 22.9. The number of anilines is 1. The van der Waals surface area contributed by atoms with Gasteiger partial charge in [-0.05, 0) is 47.9 Å². The third-order valence-corrected chi connectivity index (χ3v) is 3.63. The Morgan fingerprint density at radius 2 is 2.27 bits per heavy atom. The minimum Gasteiger partial charge on any atom is -0.385 e. The van der Waals surface area contributed by atoms with Crippen LogP contribution in [0.15, 0.2) is 18.2 Å². The zero-order valence-electron chi connectivity index (χ0n) is 9.22. The molecule has 2 aliphatic rings. The summed E-state index contributed by atoms with van der Waals surface area (Å²) in [5, 5.41) is 3.51. The van der Waals surface area contributed by atoms with Crippen molar-refractivity contribution in [3.8, 4) is 0 Å². The molecule has 0 bridgehead atoms. The Hall–Kier alpha value is -1.24. The van der Waals surface area contributed by atoms with E-state index >= 15 is 0 Å². The van der Waals surface area contributed by atoms with Crippen molar-refractivity contribution >= 4 is 11.8 Å². The van der Waals surface area contributed by atoms with Crippen LogP contribution < -0.4 is 5.32 Å². The van der Waals surface area contributed by atoms with Crippen molar-refractivity contribution < 1.29 is 0 Å². The van der Waals surface area contributed by atoms with E-state index in [1.807, 2.05) is 0 Å². The number of aryl methyl sites for hydroxylation is 1. The highest BCUT2D eigenvalue weighted by Gasteiger charge is 2.21. The third-order valence-electron chi connectivity index (χ3n) is 3.63. The van der Waals surface area contributed by atoms with Crippen molar-refractivity contribution in [2.75, 3.05) is 11.9 Å². The van der Waals surface area contributed by atoms with E-state index in [0.29, 0.717) is 5.92 Å². The van der Waals surface area contributed by atoms with Crippen molar-refractivity contribution in [2.45, 2.75) is 32.1 Å². The van der Waals surface area contributed by atoms with Crippen molar-refractivity contribution in [2.24, 2.45) is 0 Å². The van der Waals surface area contributed by atoms with Gasteiger partial charge < -0.3 is 5.32 Å². The molecule has 0 saturated carbocycles. The summed E-state index contributed by atoms with van der Waals surface area (Å²) in [6, 6.07) is 4.56. The first kappa shape index (κ1) is 9.02. The number of benzene rings is 1. The Morgan fingerprint density at radius 1 is 1.33 bits per heavy atom. The number of fused-ring (bicyclic) bond motifs is 3. The van der Waals surface area contributed by atoms with Crippen LogP contribution in [-0.2, 0) is 6.42 Å². The van der Waals surface area contributed by atoms with Gasteiger partial charge in [0.1, 0.15) is 0 Å². The van der Waals surface area contributed by atoms with Gasteiger partial charge in [0.2, 0.25) is 0 Å². The van der Waals surface area contributed by atoms with Crippen molar-refractivity contribution in [1.29, 1.82) is 0 Å². The first-order chi connectivity index (χ1) is 7.36. The van der Waals surface area contributed by atoms with Crippen molar-refractivity contribution in [3.05, 3.63) is 34.9 Å². The molecule has 0 spiro atoms. The molecule has 0 amide bonds. The van der Waals surface area contributed by atoms with Crippen LogP contribution in [0.25, 0.3) is 6.08 Å². The molecule has 1 N–H and O–H groups in total. The topological polar surface area (TPSA) is 12.0 Å². The number of hydrogen-bond donors (Lipinski definition) is 1. The van der Waals surface area contributed by atoms with Gasteiger partial charge in [-0.2, -0.15) is 0 Å². The molecule has 1 nitrogen and oxygen atoms in total. The second-order valence-electron chi connectivity index (χ2n) is 4.66. The largest absolute Gasteiger partial charge is 0.385 e. The lowest BCUT2D eigenvalue weighted by Crippen LogP contribution is -2.17. The fourth-order valence-corrected chi connectivity index (χ4v) is 2.79. The lowest BCUT2D eigenvalue weighted by atomic mass is 9.83. The summed E-state index contributed by atoms with van der Waals surface area (Å²) in [4.78, 5) is 0. The molecule has 1 atom stereocenters. The Labute approximate surface area is 91.2 Å². The molecular weight excluding hydrogens is 182 g/mol. The first-order valence-electron chi connectivity index (χ1n) is 5.92. The van der Waals surface area contributed by atoms with Crippen LogP contribution in [0.2, 0.25) is 0 Å². The van der Waals surface area contributed by atoms with E-state index < -0.39 is 0 Å². The first-order valence-corrected chi connectivity index (χ1v) is 5.92. The molecule has 1 heteroatoms. The van der Waals surface area contributed by atoms with Crippen LogP contribution in [0, 0.1) is 0 Å². The van der Waals surface area contributed by atoms with Gasteiger partial charge in [-0.15, -0.1) is 0 Å². The van der Waals surface area contributed by atoms with Crippen LogP contribution in [0.1, 0.15) is 42.4 Å². The third kappa shape index (κ3) is 1.38. The standard InChI is InChI=1S/C14H17N/c1-10-8-9-15-13-7-6-11-4-2-3-5-12(11)14(10)13/h3,5-7,10,15H,2,4,8-9H2,1H3. The van der Waals surface area contributed by atoms with E-state index in [9.17, 15) is 0 Å². The van der Waals surface area contributed by atoms with Crippen LogP contribution >= 0.6 is 0 Å². The summed E-state index contributed by atoms with van der Waals surface area (Å²) in [6.07, 6.45) is 8.31. The SMILES string of the molecule is CC1CCNc2ccc3c(c21)C=CCC3. The molecule has 1 aromatic carbocycles. The maximum absolute atomic E-state index is 3.51. The number of hydrogen-bond acceptors (Lipinski definition) is 1. The van der Waals surface area contributed by atoms with Crippen LogP contribution in [0.3, 0.4) is 0 Å². The fourth-order valence-electron chi connectivity index (χ4n) is 2.79. The van der Waals surface area contributed by atoms with Crippen LogP contribution in [0.5, 0.6) is 0 Å². The zero-order chi connectivity index (χ0) is 10.3. The van der Waals surface area contributed by atoms with Gasteiger partial charge in [-0.3, -0.25) is 0 Å². The van der Waals surface area contributed by atoms with E-state index in [-0.39, 0.29) is 0 Å². The summed E-state index contributed by atoms with van der Waals surface area (Å²) < 4.78 is 0. The van der Waals surface area contributed by atoms with E-state index in [1.165, 1.54) is 36.1 Å². The Bertz CT molecular complexity index is 418. The van der Waals surface area contributed by atoms with E-state index in [1.54, 1.807) is 5.56 Å².